The number of nitrogens with one attached hydrogen (secondary N) is 1. The van der Waals surface area contributed by atoms with E-state index in [4.69, 9.17) is 5.11 Å². The van der Waals surface area contributed by atoms with Crippen molar-refractivity contribution < 1.29 is 14.7 Å². The Hall–Kier alpha value is -1.26. The SMILES string of the molecule is CCCC[C@H](NC(=O)N1CCC(C(C)C)C1)C(=O)O. The molecule has 110 valence electrons. The lowest BCUT2D eigenvalue weighted by Crippen LogP contribution is -2.47. The van der Waals surface area contributed by atoms with Crippen molar-refractivity contribution >= 4 is 12.0 Å². The molecular formula is C14H26N2O3. The van der Waals surface area contributed by atoms with E-state index in [2.05, 4.69) is 19.2 Å². The number of likely N-dealkylation sites (tertiary alicyclic amines) is 1. The van der Waals surface area contributed by atoms with Gasteiger partial charge in [0.25, 0.3) is 0 Å². The first kappa shape index (κ1) is 15.8. The van der Waals surface area contributed by atoms with E-state index in [1.807, 2.05) is 6.92 Å². The fraction of sp³-hybridized carbons (Fsp3) is 0.857. The molecule has 0 spiro atoms. The second kappa shape index (κ2) is 7.36. The molecule has 1 heterocycles. The van der Waals surface area contributed by atoms with Crippen LogP contribution in [0.4, 0.5) is 4.79 Å². The van der Waals surface area contributed by atoms with Crippen molar-refractivity contribution in [2.45, 2.75) is 52.5 Å². The quantitative estimate of drug-likeness (QED) is 0.778. The van der Waals surface area contributed by atoms with Crippen molar-refractivity contribution in [2.24, 2.45) is 11.8 Å². The van der Waals surface area contributed by atoms with Crippen LogP contribution in [0, 0.1) is 11.8 Å². The number of rotatable bonds is 6. The standard InChI is InChI=1S/C14H26N2O3/c1-4-5-6-12(13(17)18)15-14(19)16-8-7-11(9-16)10(2)3/h10-12H,4-9H2,1-3H3,(H,15,19)(H,17,18)/t11?,12-/m0/s1. The van der Waals surface area contributed by atoms with Gasteiger partial charge in [-0.3, -0.25) is 0 Å². The number of hydrogen-bond acceptors (Lipinski definition) is 2. The van der Waals surface area contributed by atoms with Crippen LogP contribution in [0.1, 0.15) is 46.5 Å². The summed E-state index contributed by atoms with van der Waals surface area (Å²) in [7, 11) is 0. The maximum absolute atomic E-state index is 12.0. The fourth-order valence-corrected chi connectivity index (χ4v) is 2.42. The molecule has 1 unspecified atom stereocenters. The zero-order valence-electron chi connectivity index (χ0n) is 12.2. The molecule has 0 bridgehead atoms. The first-order chi connectivity index (χ1) is 8.95. The largest absolute Gasteiger partial charge is 0.480 e. The highest BCUT2D eigenvalue weighted by Crippen LogP contribution is 2.23. The van der Waals surface area contributed by atoms with Gasteiger partial charge in [0.05, 0.1) is 0 Å². The van der Waals surface area contributed by atoms with Crippen LogP contribution in [0.5, 0.6) is 0 Å². The summed E-state index contributed by atoms with van der Waals surface area (Å²) in [4.78, 5) is 24.9. The van der Waals surface area contributed by atoms with Crippen LogP contribution in [0.2, 0.25) is 0 Å². The van der Waals surface area contributed by atoms with Crippen LogP contribution in [0.15, 0.2) is 0 Å². The minimum absolute atomic E-state index is 0.230. The molecule has 19 heavy (non-hydrogen) atoms. The maximum Gasteiger partial charge on any atom is 0.326 e. The Bertz CT molecular complexity index is 318. The van der Waals surface area contributed by atoms with Crippen molar-refractivity contribution in [1.29, 1.82) is 0 Å². The van der Waals surface area contributed by atoms with Crippen LogP contribution >= 0.6 is 0 Å². The summed E-state index contributed by atoms with van der Waals surface area (Å²) in [6.45, 7) is 7.80. The molecule has 0 aromatic heterocycles. The van der Waals surface area contributed by atoms with E-state index in [0.29, 0.717) is 18.3 Å². The van der Waals surface area contributed by atoms with Crippen molar-refractivity contribution in [3.8, 4) is 0 Å². The number of carbonyl (C=O) groups is 2. The second-order valence-corrected chi connectivity index (χ2v) is 5.72. The van der Waals surface area contributed by atoms with Crippen LogP contribution in [0.3, 0.4) is 0 Å². The Kier molecular flexibility index (Phi) is 6.12. The zero-order chi connectivity index (χ0) is 14.4. The van der Waals surface area contributed by atoms with Gasteiger partial charge in [-0.05, 0) is 24.7 Å². The van der Waals surface area contributed by atoms with Gasteiger partial charge >= 0.3 is 12.0 Å². The minimum Gasteiger partial charge on any atom is -0.480 e. The third-order valence-electron chi connectivity index (χ3n) is 3.90. The Labute approximate surface area is 115 Å². The molecule has 1 aliphatic heterocycles. The fourth-order valence-electron chi connectivity index (χ4n) is 2.42. The lowest BCUT2D eigenvalue weighted by Gasteiger charge is -2.21. The Morgan fingerprint density at radius 1 is 1.42 bits per heavy atom. The molecular weight excluding hydrogens is 244 g/mol. The first-order valence-corrected chi connectivity index (χ1v) is 7.24. The van der Waals surface area contributed by atoms with E-state index in [0.717, 1.165) is 32.4 Å². The third-order valence-corrected chi connectivity index (χ3v) is 3.90. The summed E-state index contributed by atoms with van der Waals surface area (Å²) in [5.41, 5.74) is 0. The molecule has 1 aliphatic rings. The van der Waals surface area contributed by atoms with E-state index >= 15 is 0 Å². The molecule has 2 amide bonds. The van der Waals surface area contributed by atoms with Gasteiger partial charge in [0.15, 0.2) is 0 Å². The summed E-state index contributed by atoms with van der Waals surface area (Å²) >= 11 is 0. The van der Waals surface area contributed by atoms with Crippen molar-refractivity contribution in [3.05, 3.63) is 0 Å². The van der Waals surface area contributed by atoms with Crippen LogP contribution in [0.25, 0.3) is 0 Å². The average Bonchev–Trinajstić information content (AvgIpc) is 2.83. The molecule has 5 nitrogen and oxygen atoms in total. The van der Waals surface area contributed by atoms with Gasteiger partial charge in [0.2, 0.25) is 0 Å². The van der Waals surface area contributed by atoms with Crippen molar-refractivity contribution in [1.82, 2.24) is 10.2 Å². The predicted octanol–water partition coefficient (Wildman–Crippen LogP) is 2.32. The number of carboxylic acid groups (broad SMARTS) is 1. The zero-order valence-corrected chi connectivity index (χ0v) is 12.2. The molecule has 1 rings (SSSR count). The van der Waals surface area contributed by atoms with Gasteiger partial charge in [0, 0.05) is 13.1 Å². The molecule has 0 saturated carbocycles. The van der Waals surface area contributed by atoms with Crippen LogP contribution in [-0.2, 0) is 4.79 Å². The monoisotopic (exact) mass is 270 g/mol. The van der Waals surface area contributed by atoms with Gasteiger partial charge in [-0.25, -0.2) is 9.59 Å². The van der Waals surface area contributed by atoms with Crippen molar-refractivity contribution in [3.63, 3.8) is 0 Å². The molecule has 2 atom stereocenters. The van der Waals surface area contributed by atoms with E-state index < -0.39 is 12.0 Å². The van der Waals surface area contributed by atoms with Gasteiger partial charge < -0.3 is 15.3 Å². The highest BCUT2D eigenvalue weighted by atomic mass is 16.4. The normalized spacial score (nSPS) is 20.6. The maximum atomic E-state index is 12.0. The summed E-state index contributed by atoms with van der Waals surface area (Å²) in [6, 6.07) is -0.989. The highest BCUT2D eigenvalue weighted by molar-refractivity contribution is 5.82. The van der Waals surface area contributed by atoms with E-state index in [9.17, 15) is 9.59 Å². The number of carbonyl (C=O) groups excluding carboxylic acids is 1. The Morgan fingerprint density at radius 2 is 2.11 bits per heavy atom. The van der Waals surface area contributed by atoms with Gasteiger partial charge in [-0.2, -0.15) is 0 Å². The number of urea groups is 1. The molecule has 0 aromatic carbocycles. The predicted molar refractivity (Wildman–Crippen MR) is 74.0 cm³/mol. The number of carboxylic acids is 1. The Morgan fingerprint density at radius 3 is 2.58 bits per heavy atom. The topological polar surface area (TPSA) is 69.6 Å². The van der Waals surface area contributed by atoms with E-state index in [1.54, 1.807) is 4.90 Å². The number of amides is 2. The van der Waals surface area contributed by atoms with Gasteiger partial charge in [0.1, 0.15) is 6.04 Å². The van der Waals surface area contributed by atoms with Crippen LogP contribution in [-0.4, -0.2) is 41.1 Å². The molecule has 0 aromatic rings. The lowest BCUT2D eigenvalue weighted by molar-refractivity contribution is -0.139. The highest BCUT2D eigenvalue weighted by Gasteiger charge is 2.30. The molecule has 0 radical (unpaired) electrons. The lowest BCUT2D eigenvalue weighted by atomic mass is 9.95. The number of unbranched alkanes of at least 4 members (excludes halogenated alkanes) is 1. The summed E-state index contributed by atoms with van der Waals surface area (Å²) < 4.78 is 0. The van der Waals surface area contributed by atoms with E-state index in [-0.39, 0.29) is 6.03 Å². The summed E-state index contributed by atoms with van der Waals surface area (Å²) in [5.74, 6) is 0.152. The van der Waals surface area contributed by atoms with Crippen LogP contribution < -0.4 is 5.32 Å². The van der Waals surface area contributed by atoms with Gasteiger partial charge in [-0.1, -0.05) is 33.6 Å². The first-order valence-electron chi connectivity index (χ1n) is 7.24. The van der Waals surface area contributed by atoms with Crippen molar-refractivity contribution in [2.75, 3.05) is 13.1 Å². The smallest absolute Gasteiger partial charge is 0.326 e. The molecule has 2 N–H and O–H groups in total. The number of hydrogen-bond donors (Lipinski definition) is 2. The molecule has 1 fully saturated rings. The number of aliphatic carboxylic acids is 1. The number of nitrogens with zero attached hydrogens (tertiary/aromatic N) is 1. The summed E-state index contributed by atoms with van der Waals surface area (Å²) in [6.07, 6.45) is 3.25. The molecule has 1 saturated heterocycles. The van der Waals surface area contributed by atoms with Gasteiger partial charge in [-0.15, -0.1) is 0 Å². The second-order valence-electron chi connectivity index (χ2n) is 5.72. The molecule has 5 heteroatoms. The Balaban J connectivity index is 2.46. The third kappa shape index (κ3) is 4.73. The summed E-state index contributed by atoms with van der Waals surface area (Å²) in [5, 5.41) is 11.7. The minimum atomic E-state index is -0.943. The average molecular weight is 270 g/mol. The molecule has 0 aliphatic carbocycles. The van der Waals surface area contributed by atoms with E-state index in [1.165, 1.54) is 0 Å².